The van der Waals surface area contributed by atoms with Crippen molar-refractivity contribution in [2.75, 3.05) is 18.7 Å². The van der Waals surface area contributed by atoms with Crippen molar-refractivity contribution in [3.05, 3.63) is 24.3 Å². The first-order valence-electron chi connectivity index (χ1n) is 5.73. The minimum absolute atomic E-state index is 0.0901. The minimum atomic E-state index is -3.86. The van der Waals surface area contributed by atoms with Gasteiger partial charge in [-0.15, -0.1) is 0 Å². The average Bonchev–Trinajstić information content (AvgIpc) is 2.28. The number of sulfone groups is 1. The van der Waals surface area contributed by atoms with E-state index in [9.17, 15) is 18.1 Å². The number of phenols is 1. The minimum Gasteiger partial charge on any atom is -0.508 e. The summed E-state index contributed by atoms with van der Waals surface area (Å²) in [4.78, 5) is -0.118. The van der Waals surface area contributed by atoms with E-state index in [2.05, 4.69) is 0 Å². The highest BCUT2D eigenvalue weighted by atomic mass is 32.2. The number of aromatic hydroxyl groups is 1. The summed E-state index contributed by atoms with van der Waals surface area (Å²) in [6.45, 7) is 3.39. The fourth-order valence-electron chi connectivity index (χ4n) is 1.46. The third-order valence-electron chi connectivity index (χ3n) is 2.16. The standard InChI is InChI=1S/C11H17O6PS/c1-3-16-18(13,17-4-2)9-19(14,15)11-7-5-6-10(12)8-11/h5-8,12H,3-4,9H2,1-2H3. The summed E-state index contributed by atoms with van der Waals surface area (Å²) in [7, 11) is -7.55. The number of phenolic OH excluding ortho intramolecular Hbond substituents is 1. The normalized spacial score (nSPS) is 12.5. The Balaban J connectivity index is 3.04. The molecular formula is C11H17O6PS. The molecule has 1 N–H and O–H groups in total. The summed E-state index contributed by atoms with van der Waals surface area (Å²) in [5, 5.41) is 9.29. The molecule has 0 aliphatic rings. The molecule has 0 spiro atoms. The van der Waals surface area contributed by atoms with Crippen molar-refractivity contribution in [2.45, 2.75) is 18.7 Å². The van der Waals surface area contributed by atoms with E-state index in [-0.39, 0.29) is 23.9 Å². The maximum absolute atomic E-state index is 12.2. The van der Waals surface area contributed by atoms with E-state index in [4.69, 9.17) is 9.05 Å². The van der Waals surface area contributed by atoms with Crippen molar-refractivity contribution in [1.29, 1.82) is 0 Å². The Morgan fingerprint density at radius 2 is 1.79 bits per heavy atom. The summed E-state index contributed by atoms with van der Waals surface area (Å²) in [5.41, 5.74) is -0.745. The van der Waals surface area contributed by atoms with E-state index < -0.39 is 22.9 Å². The van der Waals surface area contributed by atoms with Gasteiger partial charge in [-0.25, -0.2) is 8.42 Å². The molecule has 0 amide bonds. The number of rotatable bonds is 7. The highest BCUT2D eigenvalue weighted by Gasteiger charge is 2.32. The average molecular weight is 308 g/mol. The molecule has 108 valence electrons. The van der Waals surface area contributed by atoms with Crippen LogP contribution in [-0.2, 0) is 23.4 Å². The second-order valence-corrected chi connectivity index (χ2v) is 8.16. The molecule has 0 radical (unpaired) electrons. The number of benzene rings is 1. The van der Waals surface area contributed by atoms with E-state index in [1.54, 1.807) is 13.8 Å². The molecule has 19 heavy (non-hydrogen) atoms. The number of hydrogen-bond donors (Lipinski definition) is 1. The second-order valence-electron chi connectivity index (χ2n) is 3.69. The van der Waals surface area contributed by atoms with Gasteiger partial charge >= 0.3 is 7.60 Å². The predicted octanol–water partition coefficient (Wildman–Crippen LogP) is 2.39. The van der Waals surface area contributed by atoms with Crippen molar-refractivity contribution < 1.29 is 27.1 Å². The topological polar surface area (TPSA) is 89.9 Å². The molecular weight excluding hydrogens is 291 g/mol. The first-order chi connectivity index (χ1) is 8.83. The fraction of sp³-hybridized carbons (Fsp3) is 0.455. The summed E-state index contributed by atoms with van der Waals surface area (Å²) in [6, 6.07) is 5.16. The van der Waals surface area contributed by atoms with Crippen molar-refractivity contribution in [3.63, 3.8) is 0 Å². The molecule has 0 atom stereocenters. The highest BCUT2D eigenvalue weighted by Crippen LogP contribution is 2.50. The Morgan fingerprint density at radius 3 is 2.26 bits per heavy atom. The monoisotopic (exact) mass is 308 g/mol. The van der Waals surface area contributed by atoms with Crippen molar-refractivity contribution in [1.82, 2.24) is 0 Å². The van der Waals surface area contributed by atoms with Gasteiger partial charge in [0, 0.05) is 0 Å². The zero-order valence-electron chi connectivity index (χ0n) is 10.8. The first kappa shape index (κ1) is 16.2. The van der Waals surface area contributed by atoms with E-state index >= 15 is 0 Å². The molecule has 1 aromatic carbocycles. The van der Waals surface area contributed by atoms with Crippen LogP contribution in [0.5, 0.6) is 5.75 Å². The van der Waals surface area contributed by atoms with Crippen molar-refractivity contribution >= 4 is 17.4 Å². The SMILES string of the molecule is CCOP(=O)(CS(=O)(=O)c1cccc(O)c1)OCC. The molecule has 0 aromatic heterocycles. The third kappa shape index (κ3) is 4.62. The van der Waals surface area contributed by atoms with Crippen LogP contribution in [0.1, 0.15) is 13.8 Å². The lowest BCUT2D eigenvalue weighted by Crippen LogP contribution is -2.11. The Kier molecular flexibility index (Phi) is 5.55. The molecule has 0 bridgehead atoms. The largest absolute Gasteiger partial charge is 0.508 e. The predicted molar refractivity (Wildman–Crippen MR) is 71.0 cm³/mol. The van der Waals surface area contributed by atoms with Crippen molar-refractivity contribution in [2.24, 2.45) is 0 Å². The van der Waals surface area contributed by atoms with Gasteiger partial charge in [0.25, 0.3) is 0 Å². The maximum Gasteiger partial charge on any atom is 0.346 e. The van der Waals surface area contributed by atoms with Crippen molar-refractivity contribution in [3.8, 4) is 5.75 Å². The van der Waals surface area contributed by atoms with Gasteiger partial charge in [0.2, 0.25) is 0 Å². The molecule has 0 aliphatic heterocycles. The molecule has 0 unspecified atom stereocenters. The third-order valence-corrected chi connectivity index (χ3v) is 7.06. The van der Waals surface area contributed by atoms with Gasteiger partial charge in [0.15, 0.2) is 15.3 Å². The first-order valence-corrected chi connectivity index (χ1v) is 9.11. The zero-order valence-corrected chi connectivity index (χ0v) is 12.5. The van der Waals surface area contributed by atoms with Crippen LogP contribution in [0, 0.1) is 0 Å². The van der Waals surface area contributed by atoms with Gasteiger partial charge in [0.05, 0.1) is 18.1 Å². The molecule has 0 fully saturated rings. The van der Waals surface area contributed by atoms with E-state index in [0.29, 0.717) is 0 Å². The van der Waals surface area contributed by atoms with Gasteiger partial charge in [-0.05, 0) is 32.0 Å². The molecule has 0 saturated carbocycles. The van der Waals surface area contributed by atoms with Crippen LogP contribution >= 0.6 is 7.60 Å². The second kappa shape index (κ2) is 6.52. The van der Waals surface area contributed by atoms with Gasteiger partial charge in [0.1, 0.15) is 5.75 Å². The molecule has 8 heteroatoms. The highest BCUT2D eigenvalue weighted by molar-refractivity contribution is 7.97. The van der Waals surface area contributed by atoms with Gasteiger partial charge in [-0.1, -0.05) is 6.07 Å². The quantitative estimate of drug-likeness (QED) is 0.778. The van der Waals surface area contributed by atoms with Gasteiger partial charge in [-0.3, -0.25) is 4.57 Å². The smallest absolute Gasteiger partial charge is 0.346 e. The van der Waals surface area contributed by atoms with Crippen LogP contribution in [0.25, 0.3) is 0 Å². The summed E-state index contributed by atoms with van der Waals surface area (Å²) in [5.74, 6) is -0.177. The summed E-state index contributed by atoms with van der Waals surface area (Å²) in [6.07, 6.45) is 0. The Labute approximate surface area is 112 Å². The molecule has 1 rings (SSSR count). The van der Waals surface area contributed by atoms with Crippen LogP contribution < -0.4 is 0 Å². The van der Waals surface area contributed by atoms with Gasteiger partial charge < -0.3 is 14.2 Å². The molecule has 0 aliphatic carbocycles. The lowest BCUT2D eigenvalue weighted by atomic mass is 10.3. The van der Waals surface area contributed by atoms with Crippen LogP contribution in [0.15, 0.2) is 29.2 Å². The van der Waals surface area contributed by atoms with E-state index in [1.165, 1.54) is 18.2 Å². The van der Waals surface area contributed by atoms with Crippen LogP contribution in [0.2, 0.25) is 0 Å². The van der Waals surface area contributed by atoms with E-state index in [1.807, 2.05) is 0 Å². The Morgan fingerprint density at radius 1 is 1.21 bits per heavy atom. The maximum atomic E-state index is 12.2. The molecule has 1 aromatic rings. The van der Waals surface area contributed by atoms with E-state index in [0.717, 1.165) is 6.07 Å². The molecule has 0 heterocycles. The molecule has 6 nitrogen and oxygen atoms in total. The molecule has 0 saturated heterocycles. The lowest BCUT2D eigenvalue weighted by molar-refractivity contribution is 0.224. The summed E-state index contributed by atoms with van der Waals surface area (Å²) < 4.78 is 46.3. The Hall–Kier alpha value is -0.880. The lowest BCUT2D eigenvalue weighted by Gasteiger charge is -2.16. The summed E-state index contributed by atoms with van der Waals surface area (Å²) >= 11 is 0. The van der Waals surface area contributed by atoms with Crippen LogP contribution in [0.3, 0.4) is 0 Å². The van der Waals surface area contributed by atoms with Crippen LogP contribution in [0.4, 0.5) is 0 Å². The van der Waals surface area contributed by atoms with Gasteiger partial charge in [-0.2, -0.15) is 0 Å². The fourth-order valence-corrected chi connectivity index (χ4v) is 5.77. The van der Waals surface area contributed by atoms with Crippen LogP contribution in [-0.4, -0.2) is 32.2 Å². The number of hydrogen-bond acceptors (Lipinski definition) is 6. The Bertz CT molecular complexity index is 558. The zero-order chi connectivity index (χ0) is 14.5.